The Balaban J connectivity index is 2.05. The molecule has 6 nitrogen and oxygen atoms in total. The van der Waals surface area contributed by atoms with Crippen LogP contribution < -0.4 is 9.47 Å². The van der Waals surface area contributed by atoms with Gasteiger partial charge in [0.2, 0.25) is 5.91 Å². The fraction of sp³-hybridized carbons (Fsp3) is 0.500. The monoisotopic (exact) mass is 307 g/mol. The van der Waals surface area contributed by atoms with E-state index in [1.807, 2.05) is 13.0 Å². The molecule has 1 aliphatic rings. The van der Waals surface area contributed by atoms with Crippen LogP contribution in [0.15, 0.2) is 18.2 Å². The van der Waals surface area contributed by atoms with Crippen LogP contribution in [0.3, 0.4) is 0 Å². The maximum Gasteiger partial charge on any atom is 0.307 e. The number of amides is 1. The molecule has 1 amide bonds. The van der Waals surface area contributed by atoms with E-state index in [4.69, 9.17) is 14.2 Å². The summed E-state index contributed by atoms with van der Waals surface area (Å²) in [7, 11) is 3.14. The van der Waals surface area contributed by atoms with Gasteiger partial charge in [-0.05, 0) is 18.6 Å². The second-order valence-corrected chi connectivity index (χ2v) is 5.10. The molecule has 0 bridgehead atoms. The Hall–Kier alpha value is -2.24. The van der Waals surface area contributed by atoms with Crippen LogP contribution in [0.1, 0.15) is 31.7 Å². The van der Waals surface area contributed by atoms with Gasteiger partial charge in [0.15, 0.2) is 6.23 Å². The van der Waals surface area contributed by atoms with Gasteiger partial charge >= 0.3 is 5.97 Å². The van der Waals surface area contributed by atoms with Crippen LogP contribution >= 0.6 is 0 Å². The van der Waals surface area contributed by atoms with Crippen molar-refractivity contribution in [2.24, 2.45) is 0 Å². The van der Waals surface area contributed by atoms with Crippen LogP contribution in [0.2, 0.25) is 0 Å². The van der Waals surface area contributed by atoms with Gasteiger partial charge in [-0.25, -0.2) is 0 Å². The molecule has 1 aromatic rings. The van der Waals surface area contributed by atoms with Gasteiger partial charge in [-0.3, -0.25) is 9.59 Å². The second-order valence-electron chi connectivity index (χ2n) is 5.10. The number of likely N-dealkylation sites (tertiary alicyclic amines) is 1. The predicted octanol–water partition coefficient (Wildman–Crippen LogP) is 2.11. The molecule has 0 N–H and O–H groups in total. The SMILES string of the molecule is CCCC(=O)OC1CC(=O)N1Cc1ccc(OC)cc1OC. The minimum absolute atomic E-state index is 0.0350. The highest BCUT2D eigenvalue weighted by molar-refractivity contribution is 5.83. The fourth-order valence-corrected chi connectivity index (χ4v) is 2.30. The van der Waals surface area contributed by atoms with Crippen molar-refractivity contribution in [2.45, 2.75) is 39.0 Å². The Kier molecular flexibility index (Phi) is 5.25. The zero-order valence-corrected chi connectivity index (χ0v) is 13.1. The predicted molar refractivity (Wildman–Crippen MR) is 79.5 cm³/mol. The highest BCUT2D eigenvalue weighted by Crippen LogP contribution is 2.30. The molecule has 22 heavy (non-hydrogen) atoms. The number of nitrogens with zero attached hydrogens (tertiary/aromatic N) is 1. The van der Waals surface area contributed by atoms with E-state index in [9.17, 15) is 9.59 Å². The van der Waals surface area contributed by atoms with Crippen LogP contribution in [0.5, 0.6) is 11.5 Å². The molecule has 0 aliphatic carbocycles. The van der Waals surface area contributed by atoms with Gasteiger partial charge in [-0.2, -0.15) is 0 Å². The van der Waals surface area contributed by atoms with Crippen molar-refractivity contribution in [1.82, 2.24) is 4.90 Å². The lowest BCUT2D eigenvalue weighted by Gasteiger charge is -2.39. The summed E-state index contributed by atoms with van der Waals surface area (Å²) >= 11 is 0. The Labute approximate surface area is 129 Å². The van der Waals surface area contributed by atoms with Gasteiger partial charge in [-0.1, -0.05) is 6.92 Å². The largest absolute Gasteiger partial charge is 0.497 e. The minimum Gasteiger partial charge on any atom is -0.497 e. The number of β-lactam (4-membered cyclic amide) rings is 1. The number of carbonyl (C=O) groups is 2. The van der Waals surface area contributed by atoms with E-state index in [0.29, 0.717) is 24.5 Å². The molecule has 1 heterocycles. The topological polar surface area (TPSA) is 65.1 Å². The highest BCUT2D eigenvalue weighted by atomic mass is 16.6. The van der Waals surface area contributed by atoms with E-state index in [1.54, 1.807) is 26.4 Å². The van der Waals surface area contributed by atoms with Crippen molar-refractivity contribution in [1.29, 1.82) is 0 Å². The average molecular weight is 307 g/mol. The Morgan fingerprint density at radius 2 is 2.09 bits per heavy atom. The van der Waals surface area contributed by atoms with E-state index in [0.717, 1.165) is 12.0 Å². The first kappa shape index (κ1) is 16.1. The molecule has 6 heteroatoms. The lowest BCUT2D eigenvalue weighted by atomic mass is 10.1. The number of carbonyl (C=O) groups excluding carboxylic acids is 2. The van der Waals surface area contributed by atoms with E-state index in [-0.39, 0.29) is 18.3 Å². The van der Waals surface area contributed by atoms with Crippen molar-refractivity contribution < 1.29 is 23.8 Å². The lowest BCUT2D eigenvalue weighted by Crippen LogP contribution is -2.53. The minimum atomic E-state index is -0.474. The van der Waals surface area contributed by atoms with E-state index >= 15 is 0 Å². The maximum atomic E-state index is 11.8. The molecule has 0 radical (unpaired) electrons. The molecule has 120 valence electrons. The lowest BCUT2D eigenvalue weighted by molar-refractivity contribution is -0.185. The number of hydrogen-bond acceptors (Lipinski definition) is 5. The molecule has 1 unspecified atom stereocenters. The summed E-state index contributed by atoms with van der Waals surface area (Å²) in [6.45, 7) is 2.25. The first-order valence-electron chi connectivity index (χ1n) is 7.28. The average Bonchev–Trinajstić information content (AvgIpc) is 2.52. The number of rotatable bonds is 7. The second kappa shape index (κ2) is 7.15. The van der Waals surface area contributed by atoms with Crippen molar-refractivity contribution in [3.63, 3.8) is 0 Å². The number of methoxy groups -OCH3 is 2. The van der Waals surface area contributed by atoms with E-state index in [2.05, 4.69) is 0 Å². The quantitative estimate of drug-likeness (QED) is 0.570. The third-order valence-corrected chi connectivity index (χ3v) is 3.57. The zero-order valence-electron chi connectivity index (χ0n) is 13.1. The number of benzene rings is 1. The van der Waals surface area contributed by atoms with Crippen molar-refractivity contribution in [3.05, 3.63) is 23.8 Å². The molecule has 0 aromatic heterocycles. The number of esters is 1. The summed E-state index contributed by atoms with van der Waals surface area (Å²) in [5, 5.41) is 0. The van der Waals surface area contributed by atoms with Crippen LogP contribution in [0, 0.1) is 0 Å². The molecular weight excluding hydrogens is 286 g/mol. The third-order valence-electron chi connectivity index (χ3n) is 3.57. The van der Waals surface area contributed by atoms with Crippen LogP contribution in [-0.4, -0.2) is 37.2 Å². The van der Waals surface area contributed by atoms with Gasteiger partial charge in [0.25, 0.3) is 0 Å². The molecule has 1 aromatic carbocycles. The van der Waals surface area contributed by atoms with Gasteiger partial charge in [0.05, 0.1) is 27.2 Å². The van der Waals surface area contributed by atoms with Crippen molar-refractivity contribution >= 4 is 11.9 Å². The van der Waals surface area contributed by atoms with Crippen molar-refractivity contribution in [3.8, 4) is 11.5 Å². The van der Waals surface area contributed by atoms with Crippen LogP contribution in [-0.2, 0) is 20.9 Å². The number of ether oxygens (including phenoxy) is 3. The number of hydrogen-bond donors (Lipinski definition) is 0. The molecular formula is C16H21NO5. The fourth-order valence-electron chi connectivity index (χ4n) is 2.30. The first-order valence-corrected chi connectivity index (χ1v) is 7.28. The molecule has 1 fully saturated rings. The summed E-state index contributed by atoms with van der Waals surface area (Å²) in [5.74, 6) is 1.01. The summed E-state index contributed by atoms with van der Waals surface area (Å²) in [4.78, 5) is 24.9. The Bertz CT molecular complexity index is 557. The Morgan fingerprint density at radius 1 is 1.32 bits per heavy atom. The van der Waals surface area contributed by atoms with Crippen LogP contribution in [0.25, 0.3) is 0 Å². The van der Waals surface area contributed by atoms with E-state index in [1.165, 1.54) is 4.90 Å². The summed E-state index contributed by atoms with van der Waals surface area (Å²) in [5.41, 5.74) is 0.841. The van der Waals surface area contributed by atoms with Gasteiger partial charge < -0.3 is 19.1 Å². The highest BCUT2D eigenvalue weighted by Gasteiger charge is 2.39. The van der Waals surface area contributed by atoms with Crippen LogP contribution in [0.4, 0.5) is 0 Å². The van der Waals surface area contributed by atoms with Crippen molar-refractivity contribution in [2.75, 3.05) is 14.2 Å². The normalized spacial score (nSPS) is 17.0. The van der Waals surface area contributed by atoms with Gasteiger partial charge in [0, 0.05) is 18.1 Å². The summed E-state index contributed by atoms with van der Waals surface area (Å²) in [6.07, 6.45) is 0.864. The molecule has 1 atom stereocenters. The summed E-state index contributed by atoms with van der Waals surface area (Å²) < 4.78 is 15.8. The molecule has 1 aliphatic heterocycles. The van der Waals surface area contributed by atoms with Gasteiger partial charge in [0.1, 0.15) is 11.5 Å². The molecule has 0 saturated carbocycles. The third kappa shape index (κ3) is 3.50. The Morgan fingerprint density at radius 3 is 2.68 bits per heavy atom. The zero-order chi connectivity index (χ0) is 16.1. The molecule has 2 rings (SSSR count). The molecule has 0 spiro atoms. The standard InChI is InChI=1S/C16H21NO5/c1-4-5-16(19)22-15-9-14(18)17(15)10-11-6-7-12(20-2)8-13(11)21-3/h6-8,15H,4-5,9-10H2,1-3H3. The van der Waals surface area contributed by atoms with E-state index < -0.39 is 6.23 Å². The summed E-state index contributed by atoms with van der Waals surface area (Å²) in [6, 6.07) is 5.41. The maximum absolute atomic E-state index is 11.8. The first-order chi connectivity index (χ1) is 10.6. The molecule has 1 saturated heterocycles. The van der Waals surface area contributed by atoms with Gasteiger partial charge in [-0.15, -0.1) is 0 Å². The smallest absolute Gasteiger partial charge is 0.307 e.